The molecule has 262 valence electrons. The van der Waals surface area contributed by atoms with Crippen LogP contribution in [0.15, 0.2) is 134 Å². The van der Waals surface area contributed by atoms with E-state index in [9.17, 15) is 9.59 Å². The van der Waals surface area contributed by atoms with Crippen molar-refractivity contribution >= 4 is 12.0 Å². The van der Waals surface area contributed by atoms with Gasteiger partial charge in [0.05, 0.1) is 29.8 Å². The van der Waals surface area contributed by atoms with Crippen molar-refractivity contribution in [3.8, 4) is 33.6 Å². The van der Waals surface area contributed by atoms with Gasteiger partial charge in [-0.25, -0.2) is 14.8 Å². The fraction of sp³-hybridized carbons (Fsp3) is 0.190. The third kappa shape index (κ3) is 7.57. The fourth-order valence-corrected chi connectivity index (χ4v) is 6.45. The Kier molecular flexibility index (Phi) is 10.1. The van der Waals surface area contributed by atoms with Crippen molar-refractivity contribution < 1.29 is 14.3 Å². The third-order valence-corrected chi connectivity index (χ3v) is 9.24. The molecular formula is C42H41N7O3. The molecule has 0 aliphatic carbocycles. The summed E-state index contributed by atoms with van der Waals surface area (Å²) < 4.78 is 5.58. The Hall–Kier alpha value is -6.26. The highest BCUT2D eigenvalue weighted by molar-refractivity contribution is 5.83. The molecule has 0 saturated carbocycles. The molecule has 1 aliphatic rings. The molecule has 3 N–H and O–H groups in total. The number of H-pyrrole nitrogens is 2. The van der Waals surface area contributed by atoms with E-state index in [1.165, 1.54) is 0 Å². The predicted octanol–water partition coefficient (Wildman–Crippen LogP) is 7.86. The van der Waals surface area contributed by atoms with Crippen LogP contribution in [0.2, 0.25) is 0 Å². The van der Waals surface area contributed by atoms with Gasteiger partial charge in [0, 0.05) is 6.54 Å². The number of rotatable bonds is 11. The van der Waals surface area contributed by atoms with Crippen LogP contribution in [0, 0.1) is 0 Å². The lowest BCUT2D eigenvalue weighted by Gasteiger charge is -2.25. The lowest BCUT2D eigenvalue weighted by atomic mass is 10.0. The van der Waals surface area contributed by atoms with E-state index in [4.69, 9.17) is 4.74 Å². The van der Waals surface area contributed by atoms with Crippen molar-refractivity contribution in [2.75, 3.05) is 20.6 Å². The fourth-order valence-electron chi connectivity index (χ4n) is 6.45. The number of nitrogens with zero attached hydrogens (tertiary/aromatic N) is 4. The first-order valence-corrected chi connectivity index (χ1v) is 17.3. The lowest BCUT2D eigenvalue weighted by Crippen LogP contribution is -2.38. The van der Waals surface area contributed by atoms with Crippen LogP contribution < -0.4 is 5.32 Å². The SMILES string of the molecule is C[C@H](NC(=O)[C@@H](c1ccccc1)N(C)C)c1ncc(-c2ccc(-c3ccc(-c4cnc([C@@H]5C=CCN5C(=O)OCc5ccccc5)[nH]4)cc3)cc2)[nH]1. The number of imidazole rings is 2. The second-order valence-electron chi connectivity index (χ2n) is 13.1. The first-order chi connectivity index (χ1) is 25.3. The Balaban J connectivity index is 0.966. The van der Waals surface area contributed by atoms with E-state index in [0.717, 1.165) is 44.8 Å². The molecule has 10 nitrogen and oxygen atoms in total. The van der Waals surface area contributed by atoms with Gasteiger partial charge in [-0.1, -0.05) is 121 Å². The monoisotopic (exact) mass is 691 g/mol. The summed E-state index contributed by atoms with van der Waals surface area (Å²) in [7, 11) is 3.80. The highest BCUT2D eigenvalue weighted by Crippen LogP contribution is 2.30. The van der Waals surface area contributed by atoms with Crippen molar-refractivity contribution in [2.45, 2.75) is 31.7 Å². The molecule has 1 aliphatic heterocycles. The van der Waals surface area contributed by atoms with Gasteiger partial charge in [-0.05, 0) is 54.4 Å². The van der Waals surface area contributed by atoms with Crippen molar-refractivity contribution in [3.63, 3.8) is 0 Å². The maximum Gasteiger partial charge on any atom is 0.411 e. The number of ether oxygens (including phenoxy) is 1. The van der Waals surface area contributed by atoms with Gasteiger partial charge in [0.15, 0.2) is 0 Å². The summed E-state index contributed by atoms with van der Waals surface area (Å²) in [5.74, 6) is 1.29. The molecule has 2 amide bonds. The Bertz CT molecular complexity index is 2140. The number of aromatic amines is 2. The number of carbonyl (C=O) groups excluding carboxylic acids is 2. The molecule has 52 heavy (non-hydrogen) atoms. The van der Waals surface area contributed by atoms with E-state index in [-0.39, 0.29) is 30.7 Å². The molecule has 0 saturated heterocycles. The standard InChI is InChI=1S/C42H41N7O3/c1-28(45-41(50)38(48(2)3)34-13-8-5-9-14-34)39-43-25-35(46-39)32-20-16-30(17-21-32)31-18-22-33(23-19-31)36-26-44-40(47-36)37-15-10-24-49(37)42(51)52-27-29-11-6-4-7-12-29/h4-23,25-26,28,37-38H,24,27H2,1-3H3,(H,43,46)(H,44,47)(H,45,50)/t28-,37-,38+/m0/s1. The highest BCUT2D eigenvalue weighted by Gasteiger charge is 2.30. The average molecular weight is 692 g/mol. The largest absolute Gasteiger partial charge is 0.445 e. The second-order valence-corrected chi connectivity index (χ2v) is 13.1. The molecular weight excluding hydrogens is 651 g/mol. The van der Waals surface area contributed by atoms with Gasteiger partial charge in [0.2, 0.25) is 5.91 Å². The lowest BCUT2D eigenvalue weighted by molar-refractivity contribution is -0.126. The van der Waals surface area contributed by atoms with Crippen LogP contribution in [0.1, 0.15) is 47.8 Å². The normalized spacial score (nSPS) is 15.1. The number of benzene rings is 4. The van der Waals surface area contributed by atoms with Gasteiger partial charge in [0.25, 0.3) is 0 Å². The molecule has 7 rings (SSSR count). The minimum absolute atomic E-state index is 0.0839. The zero-order chi connectivity index (χ0) is 36.0. The summed E-state index contributed by atoms with van der Waals surface area (Å²) in [5.41, 5.74) is 7.77. The minimum atomic E-state index is -0.403. The number of likely N-dealkylation sites (N-methyl/N-ethyl adjacent to an activating group) is 1. The predicted molar refractivity (Wildman–Crippen MR) is 202 cm³/mol. The van der Waals surface area contributed by atoms with E-state index < -0.39 is 6.04 Å². The number of aromatic nitrogens is 4. The number of hydrogen-bond donors (Lipinski definition) is 3. The molecule has 0 spiro atoms. The van der Waals surface area contributed by atoms with Crippen LogP contribution in [-0.2, 0) is 16.1 Å². The molecule has 2 aromatic heterocycles. The minimum Gasteiger partial charge on any atom is -0.445 e. The van der Waals surface area contributed by atoms with Gasteiger partial charge >= 0.3 is 6.09 Å². The quantitative estimate of drug-likeness (QED) is 0.119. The van der Waals surface area contributed by atoms with Crippen molar-refractivity contribution in [1.82, 2.24) is 35.1 Å². The third-order valence-electron chi connectivity index (χ3n) is 9.24. The van der Waals surface area contributed by atoms with E-state index in [2.05, 4.69) is 73.8 Å². The van der Waals surface area contributed by atoms with Crippen LogP contribution in [0.4, 0.5) is 4.79 Å². The number of carbonyl (C=O) groups is 2. The first-order valence-electron chi connectivity index (χ1n) is 17.3. The van der Waals surface area contributed by atoms with E-state index in [0.29, 0.717) is 18.2 Å². The van der Waals surface area contributed by atoms with Gasteiger partial charge in [-0.2, -0.15) is 0 Å². The molecule has 0 fully saturated rings. The van der Waals surface area contributed by atoms with Crippen molar-refractivity contribution in [3.05, 3.63) is 157 Å². The second kappa shape index (κ2) is 15.3. The van der Waals surface area contributed by atoms with Gasteiger partial charge in [-0.3, -0.25) is 14.6 Å². The molecule has 0 unspecified atom stereocenters. The Morgan fingerprint density at radius 3 is 2.02 bits per heavy atom. The molecule has 4 aromatic carbocycles. The summed E-state index contributed by atoms with van der Waals surface area (Å²) >= 11 is 0. The Labute approximate surface area is 303 Å². The maximum atomic E-state index is 13.2. The maximum absolute atomic E-state index is 13.2. The summed E-state index contributed by atoms with van der Waals surface area (Å²) in [5, 5.41) is 3.12. The number of nitrogens with one attached hydrogen (secondary N) is 3. The highest BCUT2D eigenvalue weighted by atomic mass is 16.6. The van der Waals surface area contributed by atoms with Crippen LogP contribution >= 0.6 is 0 Å². The number of amides is 2. The first kappa shape index (κ1) is 34.2. The molecule has 10 heteroatoms. The molecule has 0 radical (unpaired) electrons. The van der Waals surface area contributed by atoms with Crippen LogP contribution in [0.5, 0.6) is 0 Å². The zero-order valence-corrected chi connectivity index (χ0v) is 29.4. The Morgan fingerprint density at radius 2 is 1.38 bits per heavy atom. The van der Waals surface area contributed by atoms with Gasteiger partial charge < -0.3 is 20.0 Å². The summed E-state index contributed by atoms with van der Waals surface area (Å²) in [6, 6.07) is 35.0. The number of hydrogen-bond acceptors (Lipinski definition) is 6. The topological polar surface area (TPSA) is 119 Å². The smallest absolute Gasteiger partial charge is 0.411 e. The summed E-state index contributed by atoms with van der Waals surface area (Å²) in [6.45, 7) is 2.62. The van der Waals surface area contributed by atoms with Crippen molar-refractivity contribution in [2.24, 2.45) is 0 Å². The molecule has 3 heterocycles. The molecule has 3 atom stereocenters. The average Bonchev–Trinajstić information content (AvgIpc) is 3.97. The molecule has 0 bridgehead atoms. The van der Waals surface area contributed by atoms with Crippen LogP contribution in [0.3, 0.4) is 0 Å². The zero-order valence-electron chi connectivity index (χ0n) is 29.4. The van der Waals surface area contributed by atoms with Crippen molar-refractivity contribution in [1.29, 1.82) is 0 Å². The van der Waals surface area contributed by atoms with E-state index in [1.54, 1.807) is 17.3 Å². The van der Waals surface area contributed by atoms with Gasteiger partial charge in [-0.15, -0.1) is 0 Å². The van der Waals surface area contributed by atoms with Crippen LogP contribution in [-0.4, -0.2) is 62.4 Å². The molecule has 6 aromatic rings. The van der Waals surface area contributed by atoms with Gasteiger partial charge in [0.1, 0.15) is 30.3 Å². The summed E-state index contributed by atoms with van der Waals surface area (Å²) in [4.78, 5) is 45.7. The van der Waals surface area contributed by atoms with E-state index in [1.807, 2.05) is 98.7 Å². The van der Waals surface area contributed by atoms with Crippen LogP contribution in [0.25, 0.3) is 33.6 Å². The van der Waals surface area contributed by atoms with E-state index >= 15 is 0 Å². The summed E-state index contributed by atoms with van der Waals surface area (Å²) in [6.07, 6.45) is 7.14. The Morgan fingerprint density at radius 1 is 0.808 bits per heavy atom.